The van der Waals surface area contributed by atoms with Crippen molar-refractivity contribution in [2.75, 3.05) is 0 Å². The van der Waals surface area contributed by atoms with Gasteiger partial charge in [0.2, 0.25) is 0 Å². The van der Waals surface area contributed by atoms with Crippen molar-refractivity contribution in [3.05, 3.63) is 0 Å². The lowest BCUT2D eigenvalue weighted by atomic mass is 9.75. The van der Waals surface area contributed by atoms with E-state index < -0.39 is 0 Å². The Bertz CT molecular complexity index is 140. The summed E-state index contributed by atoms with van der Waals surface area (Å²) >= 11 is 0. The van der Waals surface area contributed by atoms with Crippen molar-refractivity contribution in [2.24, 2.45) is 17.8 Å². The summed E-state index contributed by atoms with van der Waals surface area (Å²) in [6.07, 6.45) is 13.3. The number of rotatable bonds is 6. The fraction of sp³-hybridized carbons (Fsp3) is 1.00. The molecule has 1 fully saturated rings. The topological polar surface area (TPSA) is 0 Å². The van der Waals surface area contributed by atoms with Crippen LogP contribution in [0.15, 0.2) is 0 Å². The second-order valence-corrected chi connectivity index (χ2v) is 5.99. The Morgan fingerprint density at radius 2 is 1.40 bits per heavy atom. The Labute approximate surface area is 96.8 Å². The van der Waals surface area contributed by atoms with Gasteiger partial charge in [-0.15, -0.1) is 0 Å². The minimum absolute atomic E-state index is 0.995. The highest BCUT2D eigenvalue weighted by atomic mass is 14.3. The first-order valence-corrected chi connectivity index (χ1v) is 7.22. The number of hydrogen-bond acceptors (Lipinski definition) is 0. The molecule has 2 atom stereocenters. The molecule has 0 heterocycles. The molecule has 0 aliphatic heterocycles. The molecule has 15 heavy (non-hydrogen) atoms. The molecule has 90 valence electrons. The molecule has 0 heteroatoms. The van der Waals surface area contributed by atoms with Gasteiger partial charge in [0.1, 0.15) is 0 Å². The van der Waals surface area contributed by atoms with Crippen molar-refractivity contribution < 1.29 is 0 Å². The fourth-order valence-electron chi connectivity index (χ4n) is 3.39. The molecule has 0 nitrogen and oxygen atoms in total. The normalized spacial score (nSPS) is 31.8. The monoisotopic (exact) mass is 210 g/mol. The zero-order valence-electron chi connectivity index (χ0n) is 11.1. The number of unbranched alkanes of at least 4 members (excludes halogenated alkanes) is 4. The third-order valence-electron chi connectivity index (χ3n) is 3.99. The van der Waals surface area contributed by atoms with Crippen LogP contribution in [-0.4, -0.2) is 0 Å². The van der Waals surface area contributed by atoms with Crippen molar-refractivity contribution >= 4 is 0 Å². The zero-order chi connectivity index (χ0) is 11.1. The predicted molar refractivity (Wildman–Crippen MR) is 69.0 cm³/mol. The van der Waals surface area contributed by atoms with E-state index in [0.717, 1.165) is 17.8 Å². The van der Waals surface area contributed by atoms with E-state index >= 15 is 0 Å². The van der Waals surface area contributed by atoms with Gasteiger partial charge in [-0.1, -0.05) is 59.3 Å². The molecule has 0 spiro atoms. The molecule has 0 saturated heterocycles. The van der Waals surface area contributed by atoms with Gasteiger partial charge in [-0.25, -0.2) is 0 Å². The summed E-state index contributed by atoms with van der Waals surface area (Å²) in [6, 6.07) is 0. The molecule has 1 rings (SSSR count). The molecule has 0 radical (unpaired) electrons. The summed E-state index contributed by atoms with van der Waals surface area (Å²) in [4.78, 5) is 0. The van der Waals surface area contributed by atoms with Gasteiger partial charge in [0.15, 0.2) is 0 Å². The highest BCUT2D eigenvalue weighted by Crippen LogP contribution is 2.35. The lowest BCUT2D eigenvalue weighted by molar-refractivity contribution is 0.206. The number of hydrogen-bond donors (Lipinski definition) is 0. The Hall–Kier alpha value is 0. The van der Waals surface area contributed by atoms with E-state index in [1.807, 2.05) is 0 Å². The maximum Gasteiger partial charge on any atom is -0.0409 e. The predicted octanol–water partition coefficient (Wildman–Crippen LogP) is 5.42. The molecular weight excluding hydrogens is 180 g/mol. The Kier molecular flexibility index (Phi) is 6.36. The van der Waals surface area contributed by atoms with Crippen molar-refractivity contribution in [1.29, 1.82) is 0 Å². The van der Waals surface area contributed by atoms with Crippen LogP contribution in [0.1, 0.15) is 78.6 Å². The third-order valence-corrected chi connectivity index (χ3v) is 3.99. The smallest absolute Gasteiger partial charge is 0.0409 e. The Balaban J connectivity index is 2.04. The Morgan fingerprint density at radius 1 is 0.800 bits per heavy atom. The van der Waals surface area contributed by atoms with Crippen LogP contribution in [0.25, 0.3) is 0 Å². The second-order valence-electron chi connectivity index (χ2n) is 5.99. The van der Waals surface area contributed by atoms with E-state index in [2.05, 4.69) is 20.8 Å². The molecule has 0 aromatic heterocycles. The SMILES string of the molecule is CCCCCCCC1CC(C)CC(C)C1. The molecule has 2 unspecified atom stereocenters. The van der Waals surface area contributed by atoms with Crippen LogP contribution in [0.3, 0.4) is 0 Å². The van der Waals surface area contributed by atoms with E-state index in [4.69, 9.17) is 0 Å². The van der Waals surface area contributed by atoms with Crippen molar-refractivity contribution in [2.45, 2.75) is 78.6 Å². The van der Waals surface area contributed by atoms with Gasteiger partial charge in [-0.05, 0) is 37.0 Å². The summed E-state index contributed by atoms with van der Waals surface area (Å²) in [7, 11) is 0. The van der Waals surface area contributed by atoms with Gasteiger partial charge in [-0.3, -0.25) is 0 Å². The fourth-order valence-corrected chi connectivity index (χ4v) is 3.39. The molecule has 0 aromatic carbocycles. The molecule has 1 aliphatic rings. The van der Waals surface area contributed by atoms with Crippen molar-refractivity contribution in [1.82, 2.24) is 0 Å². The quantitative estimate of drug-likeness (QED) is 0.514. The van der Waals surface area contributed by atoms with Crippen molar-refractivity contribution in [3.8, 4) is 0 Å². The van der Waals surface area contributed by atoms with Gasteiger partial charge in [-0.2, -0.15) is 0 Å². The molecule has 0 amide bonds. The van der Waals surface area contributed by atoms with Crippen LogP contribution >= 0.6 is 0 Å². The van der Waals surface area contributed by atoms with E-state index in [0.29, 0.717) is 0 Å². The molecule has 0 aromatic rings. The van der Waals surface area contributed by atoms with Crippen LogP contribution in [0.2, 0.25) is 0 Å². The first-order valence-electron chi connectivity index (χ1n) is 7.22. The van der Waals surface area contributed by atoms with Gasteiger partial charge >= 0.3 is 0 Å². The first-order chi connectivity index (χ1) is 7.22. The maximum atomic E-state index is 2.44. The van der Waals surface area contributed by atoms with Crippen molar-refractivity contribution in [3.63, 3.8) is 0 Å². The molecule has 1 saturated carbocycles. The largest absolute Gasteiger partial charge is 0.0654 e. The van der Waals surface area contributed by atoms with Gasteiger partial charge in [0.05, 0.1) is 0 Å². The average Bonchev–Trinajstić information content (AvgIpc) is 2.16. The highest BCUT2D eigenvalue weighted by molar-refractivity contribution is 4.74. The van der Waals surface area contributed by atoms with Gasteiger partial charge < -0.3 is 0 Å². The Morgan fingerprint density at radius 3 is 2.00 bits per heavy atom. The molecule has 0 N–H and O–H groups in total. The highest BCUT2D eigenvalue weighted by Gasteiger charge is 2.23. The first kappa shape index (κ1) is 13.1. The summed E-state index contributed by atoms with van der Waals surface area (Å²) in [5.41, 5.74) is 0. The van der Waals surface area contributed by atoms with Crippen LogP contribution in [0, 0.1) is 17.8 Å². The molecule has 0 bridgehead atoms. The van der Waals surface area contributed by atoms with E-state index in [9.17, 15) is 0 Å². The summed E-state index contributed by atoms with van der Waals surface area (Å²) in [6.45, 7) is 7.18. The van der Waals surface area contributed by atoms with E-state index in [1.54, 1.807) is 0 Å². The minimum atomic E-state index is 0.995. The third kappa shape index (κ3) is 5.58. The van der Waals surface area contributed by atoms with E-state index in [1.165, 1.54) is 57.8 Å². The van der Waals surface area contributed by atoms with Crippen LogP contribution in [0.4, 0.5) is 0 Å². The van der Waals surface area contributed by atoms with Gasteiger partial charge in [0.25, 0.3) is 0 Å². The zero-order valence-corrected chi connectivity index (χ0v) is 11.1. The van der Waals surface area contributed by atoms with Crippen LogP contribution < -0.4 is 0 Å². The maximum absolute atomic E-state index is 2.44. The molecular formula is C15H30. The standard InChI is InChI=1S/C15H30/c1-4-5-6-7-8-9-15-11-13(2)10-14(3)12-15/h13-15H,4-12H2,1-3H3. The summed E-state index contributed by atoms with van der Waals surface area (Å²) in [5.74, 6) is 3.05. The van der Waals surface area contributed by atoms with Crippen LogP contribution in [0.5, 0.6) is 0 Å². The summed E-state index contributed by atoms with van der Waals surface area (Å²) < 4.78 is 0. The summed E-state index contributed by atoms with van der Waals surface area (Å²) in [5, 5.41) is 0. The van der Waals surface area contributed by atoms with Gasteiger partial charge in [0, 0.05) is 0 Å². The van der Waals surface area contributed by atoms with E-state index in [-0.39, 0.29) is 0 Å². The minimum Gasteiger partial charge on any atom is -0.0654 e. The molecule has 1 aliphatic carbocycles. The second kappa shape index (κ2) is 7.30. The average molecular weight is 210 g/mol. The lowest BCUT2D eigenvalue weighted by Crippen LogP contribution is -2.19. The van der Waals surface area contributed by atoms with Crippen LogP contribution in [-0.2, 0) is 0 Å². The lowest BCUT2D eigenvalue weighted by Gasteiger charge is -2.31.